The molecule has 0 spiro atoms. The van der Waals surface area contributed by atoms with Crippen LogP contribution in [0.4, 0.5) is 5.69 Å². The Balaban J connectivity index is 1.69. The second kappa shape index (κ2) is 8.05. The van der Waals surface area contributed by atoms with E-state index in [9.17, 15) is 4.79 Å². The Kier molecular flexibility index (Phi) is 5.57. The van der Waals surface area contributed by atoms with E-state index in [0.29, 0.717) is 18.1 Å². The molecule has 0 saturated heterocycles. The molecule has 0 saturated carbocycles. The Hall–Kier alpha value is -2.81. The Morgan fingerprint density at radius 1 is 0.962 bits per heavy atom. The van der Waals surface area contributed by atoms with Crippen LogP contribution in [0, 0.1) is 0 Å². The lowest BCUT2D eigenvalue weighted by Gasteiger charge is -2.18. The third-order valence-electron chi connectivity index (χ3n) is 4.51. The zero-order valence-corrected chi connectivity index (χ0v) is 15.5. The van der Waals surface area contributed by atoms with Crippen molar-refractivity contribution >= 4 is 22.4 Å². The lowest BCUT2D eigenvalue weighted by molar-refractivity contribution is -0.122. The minimum absolute atomic E-state index is 0.127. The molecule has 3 heteroatoms. The van der Waals surface area contributed by atoms with Gasteiger partial charge in [0.15, 0.2) is 6.10 Å². The predicted molar refractivity (Wildman–Crippen MR) is 108 cm³/mol. The van der Waals surface area contributed by atoms with E-state index < -0.39 is 6.10 Å². The fraction of sp³-hybridized carbons (Fsp3) is 0.261. The molecule has 0 aliphatic carbocycles. The van der Waals surface area contributed by atoms with E-state index in [1.54, 1.807) is 0 Å². The smallest absolute Gasteiger partial charge is 0.265 e. The summed E-state index contributed by atoms with van der Waals surface area (Å²) < 4.78 is 5.96. The molecular formula is C23H25NO2. The number of anilines is 1. The molecule has 26 heavy (non-hydrogen) atoms. The highest BCUT2D eigenvalue weighted by atomic mass is 16.5. The van der Waals surface area contributed by atoms with Crippen molar-refractivity contribution in [2.45, 2.75) is 39.2 Å². The summed E-state index contributed by atoms with van der Waals surface area (Å²) in [7, 11) is 0. The summed E-state index contributed by atoms with van der Waals surface area (Å²) in [5, 5.41) is 5.21. The van der Waals surface area contributed by atoms with Crippen molar-refractivity contribution in [3.05, 3.63) is 72.3 Å². The van der Waals surface area contributed by atoms with E-state index in [0.717, 1.165) is 16.5 Å². The number of hydrogen-bond acceptors (Lipinski definition) is 2. The Bertz CT molecular complexity index is 884. The van der Waals surface area contributed by atoms with Gasteiger partial charge in [-0.15, -0.1) is 0 Å². The van der Waals surface area contributed by atoms with Gasteiger partial charge in [-0.25, -0.2) is 0 Å². The van der Waals surface area contributed by atoms with Crippen molar-refractivity contribution in [2.75, 3.05) is 5.32 Å². The number of amides is 1. The highest BCUT2D eigenvalue weighted by Crippen LogP contribution is 2.23. The van der Waals surface area contributed by atoms with Crippen LogP contribution < -0.4 is 10.1 Å². The van der Waals surface area contributed by atoms with Crippen molar-refractivity contribution < 1.29 is 9.53 Å². The number of ether oxygens (including phenoxy) is 1. The first-order valence-corrected chi connectivity index (χ1v) is 9.13. The normalized spacial score (nSPS) is 12.2. The SMILES string of the molecule is CC[C@@H](Oc1ccc2ccccc2c1)C(=O)Nc1ccc(C(C)C)cc1. The first kappa shape index (κ1) is 18.0. The fourth-order valence-corrected chi connectivity index (χ4v) is 2.90. The highest BCUT2D eigenvalue weighted by Gasteiger charge is 2.18. The lowest BCUT2D eigenvalue weighted by atomic mass is 10.0. The van der Waals surface area contributed by atoms with Crippen molar-refractivity contribution in [3.8, 4) is 5.75 Å². The Morgan fingerprint density at radius 2 is 1.65 bits per heavy atom. The number of carbonyl (C=O) groups excluding carboxylic acids is 1. The molecule has 0 bridgehead atoms. The fourth-order valence-electron chi connectivity index (χ4n) is 2.90. The Labute approximate surface area is 155 Å². The average molecular weight is 347 g/mol. The van der Waals surface area contributed by atoms with Crippen molar-refractivity contribution in [1.82, 2.24) is 0 Å². The third kappa shape index (κ3) is 4.23. The van der Waals surface area contributed by atoms with Crippen LogP contribution >= 0.6 is 0 Å². The molecule has 3 aromatic rings. The van der Waals surface area contributed by atoms with Crippen molar-refractivity contribution in [2.24, 2.45) is 0 Å². The summed E-state index contributed by atoms with van der Waals surface area (Å²) in [5.41, 5.74) is 2.04. The van der Waals surface area contributed by atoms with Crippen LogP contribution in [-0.4, -0.2) is 12.0 Å². The Morgan fingerprint density at radius 3 is 2.31 bits per heavy atom. The minimum Gasteiger partial charge on any atom is -0.481 e. The summed E-state index contributed by atoms with van der Waals surface area (Å²) in [6.45, 7) is 6.25. The molecule has 3 aromatic carbocycles. The molecule has 3 rings (SSSR count). The first-order chi connectivity index (χ1) is 12.6. The molecule has 0 fully saturated rings. The molecule has 1 atom stereocenters. The zero-order chi connectivity index (χ0) is 18.5. The molecule has 0 aliphatic heterocycles. The molecule has 0 unspecified atom stereocenters. The molecule has 1 amide bonds. The second-order valence-corrected chi connectivity index (χ2v) is 6.79. The van der Waals surface area contributed by atoms with Crippen LogP contribution in [0.3, 0.4) is 0 Å². The second-order valence-electron chi connectivity index (χ2n) is 6.79. The summed E-state index contributed by atoms with van der Waals surface area (Å²) in [6.07, 6.45) is 0.0730. The zero-order valence-electron chi connectivity index (χ0n) is 15.5. The largest absolute Gasteiger partial charge is 0.481 e. The van der Waals surface area contributed by atoms with Crippen molar-refractivity contribution in [3.63, 3.8) is 0 Å². The molecule has 0 aromatic heterocycles. The van der Waals surface area contributed by atoms with Crippen LogP contribution in [0.1, 0.15) is 38.7 Å². The standard InChI is InChI=1S/C23H25NO2/c1-4-22(23(25)24-20-12-9-17(10-13-20)16(2)3)26-21-14-11-18-7-5-6-8-19(18)15-21/h5-16,22H,4H2,1-3H3,(H,24,25)/t22-/m1/s1. The topological polar surface area (TPSA) is 38.3 Å². The van der Waals surface area contributed by atoms with Gasteiger partial charge in [-0.3, -0.25) is 4.79 Å². The quantitative estimate of drug-likeness (QED) is 0.616. The molecular weight excluding hydrogens is 322 g/mol. The monoisotopic (exact) mass is 347 g/mol. The average Bonchev–Trinajstić information content (AvgIpc) is 2.66. The summed E-state index contributed by atoms with van der Waals surface area (Å²) in [6, 6.07) is 22.0. The van der Waals surface area contributed by atoms with E-state index in [4.69, 9.17) is 4.74 Å². The van der Waals surface area contributed by atoms with Crippen LogP contribution in [0.25, 0.3) is 10.8 Å². The van der Waals surface area contributed by atoms with Gasteiger partial charge < -0.3 is 10.1 Å². The molecule has 3 nitrogen and oxygen atoms in total. The maximum Gasteiger partial charge on any atom is 0.265 e. The molecule has 0 aliphatic rings. The van der Waals surface area contributed by atoms with E-state index in [-0.39, 0.29) is 5.91 Å². The van der Waals surface area contributed by atoms with Crippen LogP contribution in [0.2, 0.25) is 0 Å². The van der Waals surface area contributed by atoms with E-state index >= 15 is 0 Å². The van der Waals surface area contributed by atoms with Gasteiger partial charge in [0.2, 0.25) is 0 Å². The third-order valence-corrected chi connectivity index (χ3v) is 4.51. The van der Waals surface area contributed by atoms with Gasteiger partial charge in [0.25, 0.3) is 5.91 Å². The summed E-state index contributed by atoms with van der Waals surface area (Å²) in [4.78, 5) is 12.6. The summed E-state index contributed by atoms with van der Waals surface area (Å²) >= 11 is 0. The van der Waals surface area contributed by atoms with Gasteiger partial charge in [-0.05, 0) is 52.9 Å². The summed E-state index contributed by atoms with van der Waals surface area (Å²) in [5.74, 6) is 1.05. The van der Waals surface area contributed by atoms with E-state index in [2.05, 4.69) is 25.2 Å². The van der Waals surface area contributed by atoms with Gasteiger partial charge in [-0.2, -0.15) is 0 Å². The van der Waals surface area contributed by atoms with Crippen LogP contribution in [0.5, 0.6) is 5.75 Å². The lowest BCUT2D eigenvalue weighted by Crippen LogP contribution is -2.32. The van der Waals surface area contributed by atoms with E-state index in [1.165, 1.54) is 5.56 Å². The predicted octanol–water partition coefficient (Wildman–Crippen LogP) is 5.76. The number of fused-ring (bicyclic) bond motifs is 1. The van der Waals surface area contributed by atoms with E-state index in [1.807, 2.05) is 67.6 Å². The molecule has 1 N–H and O–H groups in total. The van der Waals surface area contributed by atoms with Gasteiger partial charge >= 0.3 is 0 Å². The van der Waals surface area contributed by atoms with Gasteiger partial charge in [0, 0.05) is 5.69 Å². The van der Waals surface area contributed by atoms with Crippen LogP contribution in [-0.2, 0) is 4.79 Å². The number of carbonyl (C=O) groups is 1. The minimum atomic E-state index is -0.527. The maximum absolute atomic E-state index is 12.6. The molecule has 0 heterocycles. The number of rotatable bonds is 6. The maximum atomic E-state index is 12.6. The van der Waals surface area contributed by atoms with Crippen LogP contribution in [0.15, 0.2) is 66.7 Å². The molecule has 0 radical (unpaired) electrons. The van der Waals surface area contributed by atoms with Gasteiger partial charge in [0.05, 0.1) is 0 Å². The number of benzene rings is 3. The van der Waals surface area contributed by atoms with Gasteiger partial charge in [-0.1, -0.05) is 63.2 Å². The van der Waals surface area contributed by atoms with Gasteiger partial charge in [0.1, 0.15) is 5.75 Å². The number of nitrogens with one attached hydrogen (secondary N) is 1. The highest BCUT2D eigenvalue weighted by molar-refractivity contribution is 5.94. The number of hydrogen-bond donors (Lipinski definition) is 1. The van der Waals surface area contributed by atoms with Crippen molar-refractivity contribution in [1.29, 1.82) is 0 Å². The molecule has 134 valence electrons. The first-order valence-electron chi connectivity index (χ1n) is 9.13.